The third-order valence-electron chi connectivity index (χ3n) is 4.36. The number of amides is 2. The lowest BCUT2D eigenvalue weighted by molar-refractivity contribution is -0.152. The Balaban J connectivity index is 2.13. The maximum atomic E-state index is 12.3. The van der Waals surface area contributed by atoms with Crippen LogP contribution in [0.5, 0.6) is 0 Å². The number of alkyl halides is 2. The monoisotopic (exact) mass is 450 g/mol. The minimum atomic E-state index is -1.20. The largest absolute Gasteiger partial charge is 0.462 e. The fourth-order valence-corrected chi connectivity index (χ4v) is 4.30. The maximum absolute atomic E-state index is 12.3. The first kappa shape index (κ1) is 22.4. The van der Waals surface area contributed by atoms with Crippen LogP contribution in [0.15, 0.2) is 0 Å². The van der Waals surface area contributed by atoms with Gasteiger partial charge in [0.1, 0.15) is 14.7 Å². The molecule has 28 heavy (non-hydrogen) atoms. The lowest BCUT2D eigenvalue weighted by Crippen LogP contribution is -2.27. The molecule has 0 spiro atoms. The zero-order valence-electron chi connectivity index (χ0n) is 15.7. The Morgan fingerprint density at radius 3 is 2.32 bits per heavy atom. The number of anilines is 1. The van der Waals surface area contributed by atoms with Crippen molar-refractivity contribution in [2.24, 2.45) is 5.41 Å². The molecule has 1 heterocycles. The average molecular weight is 451 g/mol. The number of esters is 2. The molecular formula is C17H20Cl2N2O6S. The molecule has 1 aromatic rings. The molecular weight excluding hydrogens is 431 g/mol. The van der Waals surface area contributed by atoms with E-state index in [0.717, 1.165) is 11.3 Å². The van der Waals surface area contributed by atoms with Crippen LogP contribution in [0.25, 0.3) is 0 Å². The molecule has 1 saturated carbocycles. The Morgan fingerprint density at radius 2 is 1.82 bits per heavy atom. The van der Waals surface area contributed by atoms with Crippen LogP contribution in [-0.4, -0.2) is 48.3 Å². The van der Waals surface area contributed by atoms with Gasteiger partial charge in [0, 0.05) is 13.5 Å². The molecule has 0 saturated heterocycles. The Labute approximate surface area is 175 Å². The Bertz CT molecular complexity index is 838. The van der Waals surface area contributed by atoms with Crippen LogP contribution in [0, 0.1) is 12.3 Å². The van der Waals surface area contributed by atoms with Gasteiger partial charge in [-0.15, -0.1) is 34.5 Å². The van der Waals surface area contributed by atoms with E-state index in [9.17, 15) is 19.2 Å². The SMILES string of the molecule is CCOC(=O)c1c(NC(=O)COC(=O)C2(C)CC2(Cl)Cl)sc(C(=O)NC)c1C. The van der Waals surface area contributed by atoms with E-state index in [4.69, 9.17) is 32.7 Å². The van der Waals surface area contributed by atoms with E-state index in [2.05, 4.69) is 10.6 Å². The second-order valence-electron chi connectivity index (χ2n) is 6.40. The average Bonchev–Trinajstić information content (AvgIpc) is 2.98. The molecule has 1 atom stereocenters. The minimum absolute atomic E-state index is 0.0832. The molecule has 0 radical (unpaired) electrons. The zero-order valence-corrected chi connectivity index (χ0v) is 18.1. The van der Waals surface area contributed by atoms with Crippen molar-refractivity contribution in [1.82, 2.24) is 5.32 Å². The van der Waals surface area contributed by atoms with Crippen molar-refractivity contribution >= 4 is 63.3 Å². The van der Waals surface area contributed by atoms with E-state index >= 15 is 0 Å². The van der Waals surface area contributed by atoms with Gasteiger partial charge in [0.2, 0.25) is 0 Å². The summed E-state index contributed by atoms with van der Waals surface area (Å²) in [5, 5.41) is 5.10. The molecule has 1 aliphatic carbocycles. The highest BCUT2D eigenvalue weighted by Crippen LogP contribution is 2.64. The number of halogens is 2. The Hall–Kier alpha value is -1.84. The van der Waals surface area contributed by atoms with E-state index in [1.165, 1.54) is 7.05 Å². The Kier molecular flexibility index (Phi) is 6.62. The molecule has 0 bridgehead atoms. The first-order chi connectivity index (χ1) is 13.0. The van der Waals surface area contributed by atoms with Crippen LogP contribution in [0.3, 0.4) is 0 Å². The first-order valence-corrected chi connectivity index (χ1v) is 9.93. The van der Waals surface area contributed by atoms with Crippen molar-refractivity contribution in [3.8, 4) is 0 Å². The summed E-state index contributed by atoms with van der Waals surface area (Å²) >= 11 is 12.8. The van der Waals surface area contributed by atoms with E-state index < -0.39 is 40.1 Å². The highest BCUT2D eigenvalue weighted by atomic mass is 35.5. The van der Waals surface area contributed by atoms with Crippen molar-refractivity contribution in [3.63, 3.8) is 0 Å². The van der Waals surface area contributed by atoms with E-state index in [1.807, 2.05) is 0 Å². The smallest absolute Gasteiger partial charge is 0.341 e. The van der Waals surface area contributed by atoms with Gasteiger partial charge in [-0.2, -0.15) is 0 Å². The molecule has 1 aliphatic rings. The van der Waals surface area contributed by atoms with E-state index in [1.54, 1.807) is 20.8 Å². The fourth-order valence-electron chi connectivity index (χ4n) is 2.46. The van der Waals surface area contributed by atoms with Crippen molar-refractivity contribution in [2.45, 2.75) is 31.5 Å². The van der Waals surface area contributed by atoms with Crippen LogP contribution in [-0.2, 0) is 19.1 Å². The topological polar surface area (TPSA) is 111 Å². The summed E-state index contributed by atoms with van der Waals surface area (Å²) in [6.45, 7) is 4.31. The summed E-state index contributed by atoms with van der Waals surface area (Å²) in [6.07, 6.45) is 0.232. The van der Waals surface area contributed by atoms with Crippen molar-refractivity contribution in [3.05, 3.63) is 16.0 Å². The number of hydrogen-bond acceptors (Lipinski definition) is 7. The van der Waals surface area contributed by atoms with Gasteiger partial charge in [0.05, 0.1) is 17.0 Å². The molecule has 2 rings (SSSR count). The highest BCUT2D eigenvalue weighted by Gasteiger charge is 2.69. The Morgan fingerprint density at radius 1 is 1.21 bits per heavy atom. The molecule has 2 amide bonds. The number of ether oxygens (including phenoxy) is 2. The third kappa shape index (κ3) is 4.26. The van der Waals surface area contributed by atoms with Crippen LogP contribution in [0.1, 0.15) is 45.9 Å². The summed E-state index contributed by atoms with van der Waals surface area (Å²) in [5.41, 5.74) is -0.590. The molecule has 1 aromatic heterocycles. The van der Waals surface area contributed by atoms with Crippen molar-refractivity contribution in [1.29, 1.82) is 0 Å². The second kappa shape index (κ2) is 8.26. The molecule has 1 fully saturated rings. The molecule has 2 N–H and O–H groups in total. The third-order valence-corrected chi connectivity index (χ3v) is 6.66. The van der Waals surface area contributed by atoms with Gasteiger partial charge < -0.3 is 20.1 Å². The summed E-state index contributed by atoms with van der Waals surface area (Å²) < 4.78 is 8.78. The molecule has 0 aliphatic heterocycles. The lowest BCUT2D eigenvalue weighted by atomic mass is 10.1. The second-order valence-corrected chi connectivity index (χ2v) is 8.90. The van der Waals surface area contributed by atoms with Crippen LogP contribution < -0.4 is 10.6 Å². The van der Waals surface area contributed by atoms with Crippen molar-refractivity contribution < 1.29 is 28.7 Å². The number of thiophene rings is 1. The first-order valence-electron chi connectivity index (χ1n) is 8.36. The maximum Gasteiger partial charge on any atom is 0.341 e. The molecule has 154 valence electrons. The van der Waals surface area contributed by atoms with Gasteiger partial charge in [-0.1, -0.05) is 0 Å². The highest BCUT2D eigenvalue weighted by molar-refractivity contribution is 7.18. The summed E-state index contributed by atoms with van der Waals surface area (Å²) in [7, 11) is 1.45. The number of nitrogens with one attached hydrogen (secondary N) is 2. The summed E-state index contributed by atoms with van der Waals surface area (Å²) in [6, 6.07) is 0. The van der Waals surface area contributed by atoms with Gasteiger partial charge in [-0.05, 0) is 26.3 Å². The van der Waals surface area contributed by atoms with Gasteiger partial charge >= 0.3 is 11.9 Å². The number of hydrogen-bond donors (Lipinski definition) is 2. The minimum Gasteiger partial charge on any atom is -0.462 e. The van der Waals surface area contributed by atoms with E-state index in [-0.39, 0.29) is 28.5 Å². The predicted octanol–water partition coefficient (Wildman–Crippen LogP) is 2.66. The van der Waals surface area contributed by atoms with Gasteiger partial charge in [-0.3, -0.25) is 14.4 Å². The molecule has 1 unspecified atom stereocenters. The summed E-state index contributed by atoms with van der Waals surface area (Å²) in [5.74, 6) is -2.44. The van der Waals surface area contributed by atoms with Gasteiger partial charge in [-0.25, -0.2) is 4.79 Å². The number of carbonyl (C=O) groups excluding carboxylic acids is 4. The number of rotatable bonds is 7. The van der Waals surface area contributed by atoms with Gasteiger partial charge in [0.25, 0.3) is 11.8 Å². The normalized spacial score (nSPS) is 19.5. The quantitative estimate of drug-likeness (QED) is 0.487. The van der Waals surface area contributed by atoms with E-state index in [0.29, 0.717) is 5.56 Å². The molecule has 0 aromatic carbocycles. The predicted molar refractivity (Wildman–Crippen MR) is 105 cm³/mol. The number of carbonyl (C=O) groups is 4. The molecule has 8 nitrogen and oxygen atoms in total. The fraction of sp³-hybridized carbons (Fsp3) is 0.529. The lowest BCUT2D eigenvalue weighted by Gasteiger charge is -2.12. The standard InChI is InChI=1S/C17H20Cl2N2O6S/c1-5-26-14(24)10-8(2)11(12(23)20-4)28-13(10)21-9(22)6-27-15(25)16(3)7-17(16,18)19/h5-7H2,1-4H3,(H,20,23)(H,21,22). The van der Waals surface area contributed by atoms with Crippen LogP contribution in [0.4, 0.5) is 5.00 Å². The zero-order chi connectivity index (χ0) is 21.3. The van der Waals surface area contributed by atoms with Crippen molar-refractivity contribution in [2.75, 3.05) is 25.6 Å². The summed E-state index contributed by atoms with van der Waals surface area (Å²) in [4.78, 5) is 48.8. The van der Waals surface area contributed by atoms with Gasteiger partial charge in [0.15, 0.2) is 6.61 Å². The van der Waals surface area contributed by atoms with Crippen LogP contribution >= 0.6 is 34.5 Å². The van der Waals surface area contributed by atoms with Crippen LogP contribution in [0.2, 0.25) is 0 Å². The molecule has 11 heteroatoms.